The highest BCUT2D eigenvalue weighted by Gasteiger charge is 2.15. The summed E-state index contributed by atoms with van der Waals surface area (Å²) in [5.74, 6) is -2.27. The van der Waals surface area contributed by atoms with E-state index in [4.69, 9.17) is 9.15 Å². The molecule has 2 rings (SSSR count). The van der Waals surface area contributed by atoms with Gasteiger partial charge in [-0.15, -0.1) is 0 Å². The zero-order valence-electron chi connectivity index (χ0n) is 14.4. The summed E-state index contributed by atoms with van der Waals surface area (Å²) in [4.78, 5) is 35.2. The predicted molar refractivity (Wildman–Crippen MR) is 94.5 cm³/mol. The van der Waals surface area contributed by atoms with Gasteiger partial charge in [0.15, 0.2) is 12.4 Å². The number of benzene rings is 1. The van der Waals surface area contributed by atoms with Crippen LogP contribution in [0.25, 0.3) is 0 Å². The number of amides is 2. The first-order chi connectivity index (χ1) is 12.7. The fraction of sp³-hybridized carbons (Fsp3) is 0.235. The first kappa shape index (κ1) is 20.3. The molecule has 2 N–H and O–H groups in total. The number of sulfonamides is 1. The van der Waals surface area contributed by atoms with E-state index >= 15 is 0 Å². The molecule has 0 radical (unpaired) electrons. The second-order valence-corrected chi connectivity index (χ2v) is 7.38. The van der Waals surface area contributed by atoms with Crippen LogP contribution in [0.2, 0.25) is 0 Å². The Balaban J connectivity index is 1.78. The highest BCUT2D eigenvalue weighted by molar-refractivity contribution is 7.88. The molecule has 2 aromatic rings. The molecule has 0 bridgehead atoms. The van der Waals surface area contributed by atoms with Gasteiger partial charge in [-0.05, 0) is 36.2 Å². The molecule has 10 heteroatoms. The van der Waals surface area contributed by atoms with Crippen molar-refractivity contribution in [3.8, 4) is 0 Å². The van der Waals surface area contributed by atoms with E-state index < -0.39 is 34.4 Å². The zero-order chi connectivity index (χ0) is 19.9. The molecule has 1 aromatic carbocycles. The van der Waals surface area contributed by atoms with Crippen LogP contribution < -0.4 is 10.0 Å². The number of carbonyl (C=O) groups excluding carboxylic acids is 3. The van der Waals surface area contributed by atoms with Crippen molar-refractivity contribution >= 4 is 27.8 Å². The molecular weight excluding hydrogens is 376 g/mol. The van der Waals surface area contributed by atoms with Crippen LogP contribution in [0.1, 0.15) is 26.5 Å². The van der Waals surface area contributed by atoms with Crippen LogP contribution in [0.4, 0.5) is 0 Å². The van der Waals surface area contributed by atoms with E-state index in [0.717, 1.165) is 11.8 Å². The molecule has 1 aromatic heterocycles. The van der Waals surface area contributed by atoms with Crippen molar-refractivity contribution in [2.75, 3.05) is 19.4 Å². The maximum atomic E-state index is 11.9. The molecule has 0 aliphatic heterocycles. The smallest absolute Gasteiger partial charge is 0.338 e. The van der Waals surface area contributed by atoms with Crippen LogP contribution in [0.5, 0.6) is 0 Å². The number of hydrogen-bond acceptors (Lipinski definition) is 7. The fourth-order valence-corrected chi connectivity index (χ4v) is 2.51. The van der Waals surface area contributed by atoms with E-state index in [1.54, 1.807) is 12.1 Å². The molecule has 2 amide bonds. The minimum atomic E-state index is -3.25. The summed E-state index contributed by atoms with van der Waals surface area (Å²) in [7, 11) is -3.25. The van der Waals surface area contributed by atoms with Gasteiger partial charge in [0.05, 0.1) is 18.1 Å². The zero-order valence-corrected chi connectivity index (χ0v) is 15.2. The summed E-state index contributed by atoms with van der Waals surface area (Å²) in [5, 5.41) is 2.03. The molecule has 0 fully saturated rings. The molecule has 0 aliphatic rings. The number of imide groups is 1. The van der Waals surface area contributed by atoms with Gasteiger partial charge in [0.25, 0.3) is 11.8 Å². The van der Waals surface area contributed by atoms with Gasteiger partial charge in [-0.2, -0.15) is 0 Å². The van der Waals surface area contributed by atoms with Gasteiger partial charge < -0.3 is 9.15 Å². The molecular formula is C17H18N2O7S. The van der Waals surface area contributed by atoms with Crippen molar-refractivity contribution < 1.29 is 32.0 Å². The predicted octanol–water partition coefficient (Wildman–Crippen LogP) is 0.485. The Bertz CT molecular complexity index is 903. The van der Waals surface area contributed by atoms with Crippen LogP contribution in [-0.4, -0.2) is 45.6 Å². The Kier molecular flexibility index (Phi) is 6.85. The average Bonchev–Trinajstić information content (AvgIpc) is 3.14. The molecule has 0 saturated carbocycles. The number of ether oxygens (including phenoxy) is 1. The molecule has 9 nitrogen and oxygen atoms in total. The first-order valence-corrected chi connectivity index (χ1v) is 9.72. The third-order valence-electron chi connectivity index (χ3n) is 3.30. The number of carbonyl (C=O) groups is 3. The number of esters is 1. The third-order valence-corrected chi connectivity index (χ3v) is 4.03. The van der Waals surface area contributed by atoms with E-state index in [9.17, 15) is 22.8 Å². The van der Waals surface area contributed by atoms with E-state index in [1.807, 2.05) is 5.32 Å². The molecule has 0 atom stereocenters. The van der Waals surface area contributed by atoms with E-state index in [-0.39, 0.29) is 17.9 Å². The first-order valence-electron chi connectivity index (χ1n) is 7.83. The van der Waals surface area contributed by atoms with Crippen LogP contribution in [0.3, 0.4) is 0 Å². The lowest BCUT2D eigenvalue weighted by molar-refractivity contribution is -0.123. The van der Waals surface area contributed by atoms with Gasteiger partial charge >= 0.3 is 5.97 Å². The SMILES string of the molecule is CS(=O)(=O)NCCc1ccc(C(=O)OCC(=O)NC(=O)c2ccco2)cc1. The lowest BCUT2D eigenvalue weighted by atomic mass is 10.1. The molecule has 27 heavy (non-hydrogen) atoms. The van der Waals surface area contributed by atoms with Gasteiger partial charge in [0.1, 0.15) is 0 Å². The summed E-state index contributed by atoms with van der Waals surface area (Å²) >= 11 is 0. The fourth-order valence-electron chi connectivity index (χ4n) is 2.03. The average molecular weight is 394 g/mol. The summed E-state index contributed by atoms with van der Waals surface area (Å²) in [6.45, 7) is -0.377. The maximum Gasteiger partial charge on any atom is 0.338 e. The Morgan fingerprint density at radius 1 is 1.11 bits per heavy atom. The molecule has 1 heterocycles. The quantitative estimate of drug-likeness (QED) is 0.623. The molecule has 0 spiro atoms. The van der Waals surface area contributed by atoms with Crippen molar-refractivity contribution in [3.63, 3.8) is 0 Å². The topological polar surface area (TPSA) is 132 Å². The lowest BCUT2D eigenvalue weighted by Crippen LogP contribution is -2.33. The van der Waals surface area contributed by atoms with Crippen molar-refractivity contribution in [1.29, 1.82) is 0 Å². The number of nitrogens with one attached hydrogen (secondary N) is 2. The highest BCUT2D eigenvalue weighted by Crippen LogP contribution is 2.07. The largest absolute Gasteiger partial charge is 0.459 e. The van der Waals surface area contributed by atoms with Gasteiger partial charge in [0, 0.05) is 6.54 Å². The van der Waals surface area contributed by atoms with Crippen LogP contribution in [0.15, 0.2) is 47.1 Å². The molecule has 0 aliphatic carbocycles. The van der Waals surface area contributed by atoms with Crippen LogP contribution in [-0.2, 0) is 26.0 Å². The number of furan rings is 1. The van der Waals surface area contributed by atoms with Crippen molar-refractivity contribution in [2.24, 2.45) is 0 Å². The van der Waals surface area contributed by atoms with Crippen LogP contribution >= 0.6 is 0 Å². The second kappa shape index (κ2) is 9.10. The third kappa shape index (κ3) is 7.04. The van der Waals surface area contributed by atoms with E-state index in [0.29, 0.717) is 6.42 Å². The van der Waals surface area contributed by atoms with Crippen LogP contribution in [0, 0.1) is 0 Å². The molecule has 0 saturated heterocycles. The van der Waals surface area contributed by atoms with E-state index in [2.05, 4.69) is 4.72 Å². The summed E-state index contributed by atoms with van der Waals surface area (Å²) in [5.41, 5.74) is 1.05. The normalized spacial score (nSPS) is 11.0. The Morgan fingerprint density at radius 2 is 1.81 bits per heavy atom. The molecule has 144 valence electrons. The minimum absolute atomic E-state index is 0.0318. The second-order valence-electron chi connectivity index (χ2n) is 5.54. The lowest BCUT2D eigenvalue weighted by Gasteiger charge is -2.06. The van der Waals surface area contributed by atoms with Crippen molar-refractivity contribution in [3.05, 3.63) is 59.5 Å². The number of rotatable bonds is 8. The Hall–Kier alpha value is -2.98. The Labute approximate surface area is 155 Å². The summed E-state index contributed by atoms with van der Waals surface area (Å²) in [6.07, 6.45) is 2.82. The maximum absolute atomic E-state index is 11.9. The van der Waals surface area contributed by atoms with Gasteiger partial charge in [-0.1, -0.05) is 12.1 Å². The molecule has 0 unspecified atom stereocenters. The van der Waals surface area contributed by atoms with Crippen molar-refractivity contribution in [2.45, 2.75) is 6.42 Å². The van der Waals surface area contributed by atoms with Gasteiger partial charge in [-0.3, -0.25) is 14.9 Å². The van der Waals surface area contributed by atoms with Crippen molar-refractivity contribution in [1.82, 2.24) is 10.0 Å². The van der Waals surface area contributed by atoms with Gasteiger partial charge in [-0.25, -0.2) is 17.9 Å². The Morgan fingerprint density at radius 3 is 2.41 bits per heavy atom. The monoisotopic (exact) mass is 394 g/mol. The summed E-state index contributed by atoms with van der Waals surface area (Å²) < 4.78 is 34.0. The standard InChI is InChI=1S/C17H18N2O7S/c1-27(23,24)18-9-8-12-4-6-13(7-5-12)17(22)26-11-15(20)19-16(21)14-3-2-10-25-14/h2-7,10,18H,8-9,11H2,1H3,(H,19,20,21). The highest BCUT2D eigenvalue weighted by atomic mass is 32.2. The minimum Gasteiger partial charge on any atom is -0.459 e. The summed E-state index contributed by atoms with van der Waals surface area (Å²) in [6, 6.07) is 9.21. The van der Waals surface area contributed by atoms with Gasteiger partial charge in [0.2, 0.25) is 10.0 Å². The van der Waals surface area contributed by atoms with E-state index in [1.165, 1.54) is 30.5 Å². The number of hydrogen-bond donors (Lipinski definition) is 2.